The van der Waals surface area contributed by atoms with E-state index in [4.69, 9.17) is 4.42 Å². The molecule has 0 spiro atoms. The molecular weight excluding hydrogens is 246 g/mol. The standard InChI is InChI=1S/C18H23NO/c1-13-6-4-5-7-16(13)18-17(8-10-19(18)3)14(2)15-9-11-20-12-15/h4-7,9,11-12,14,17-18H,8,10H2,1-3H3/t14-,17+,18-/m1/s1. The lowest BCUT2D eigenvalue weighted by Gasteiger charge is -2.30. The molecule has 0 radical (unpaired) electrons. The largest absolute Gasteiger partial charge is 0.472 e. The number of nitrogens with zero attached hydrogens (tertiary/aromatic N) is 1. The average molecular weight is 269 g/mol. The minimum Gasteiger partial charge on any atom is -0.472 e. The average Bonchev–Trinajstić information content (AvgIpc) is 3.08. The summed E-state index contributed by atoms with van der Waals surface area (Å²) in [4.78, 5) is 2.50. The maximum absolute atomic E-state index is 5.27. The highest BCUT2D eigenvalue weighted by Crippen LogP contribution is 2.44. The zero-order valence-electron chi connectivity index (χ0n) is 12.5. The van der Waals surface area contributed by atoms with Crippen LogP contribution in [-0.4, -0.2) is 18.5 Å². The Kier molecular flexibility index (Phi) is 3.66. The number of furan rings is 1. The fourth-order valence-corrected chi connectivity index (χ4v) is 3.67. The Morgan fingerprint density at radius 2 is 2.05 bits per heavy atom. The number of aryl methyl sites for hydroxylation is 1. The summed E-state index contributed by atoms with van der Waals surface area (Å²) < 4.78 is 5.27. The van der Waals surface area contributed by atoms with Crippen molar-refractivity contribution >= 4 is 0 Å². The number of rotatable bonds is 3. The SMILES string of the molecule is Cc1ccccc1[C@@H]1[C@H]([C@H](C)c2ccoc2)CCN1C. The molecule has 1 fully saturated rings. The fourth-order valence-electron chi connectivity index (χ4n) is 3.67. The van der Waals surface area contributed by atoms with Crippen LogP contribution in [0, 0.1) is 12.8 Å². The number of benzene rings is 1. The first-order valence-corrected chi connectivity index (χ1v) is 7.46. The van der Waals surface area contributed by atoms with Crippen molar-refractivity contribution in [2.45, 2.75) is 32.2 Å². The molecular formula is C18H23NO. The third kappa shape index (κ3) is 2.29. The molecule has 2 heteroatoms. The zero-order chi connectivity index (χ0) is 14.1. The summed E-state index contributed by atoms with van der Waals surface area (Å²) >= 11 is 0. The van der Waals surface area contributed by atoms with Crippen molar-refractivity contribution in [2.24, 2.45) is 5.92 Å². The van der Waals surface area contributed by atoms with Crippen LogP contribution in [0.4, 0.5) is 0 Å². The Morgan fingerprint density at radius 1 is 1.25 bits per heavy atom. The monoisotopic (exact) mass is 269 g/mol. The molecule has 2 heterocycles. The molecule has 1 saturated heterocycles. The van der Waals surface area contributed by atoms with E-state index in [0.717, 1.165) is 0 Å². The van der Waals surface area contributed by atoms with E-state index in [2.05, 4.69) is 56.1 Å². The van der Waals surface area contributed by atoms with E-state index >= 15 is 0 Å². The van der Waals surface area contributed by atoms with Gasteiger partial charge in [0.2, 0.25) is 0 Å². The number of hydrogen-bond acceptors (Lipinski definition) is 2. The van der Waals surface area contributed by atoms with E-state index in [0.29, 0.717) is 17.9 Å². The van der Waals surface area contributed by atoms with Crippen LogP contribution in [0.15, 0.2) is 47.3 Å². The van der Waals surface area contributed by atoms with E-state index in [1.165, 1.54) is 29.7 Å². The van der Waals surface area contributed by atoms with Crippen LogP contribution in [0.5, 0.6) is 0 Å². The second kappa shape index (κ2) is 5.45. The smallest absolute Gasteiger partial charge is 0.0937 e. The molecule has 0 N–H and O–H groups in total. The van der Waals surface area contributed by atoms with Crippen LogP contribution in [0.25, 0.3) is 0 Å². The van der Waals surface area contributed by atoms with Crippen LogP contribution < -0.4 is 0 Å². The van der Waals surface area contributed by atoms with Crippen molar-refractivity contribution in [1.82, 2.24) is 4.90 Å². The van der Waals surface area contributed by atoms with E-state index in [1.807, 2.05) is 6.26 Å². The molecule has 106 valence electrons. The van der Waals surface area contributed by atoms with Gasteiger partial charge in [0.05, 0.1) is 12.5 Å². The first-order chi connectivity index (χ1) is 9.68. The zero-order valence-corrected chi connectivity index (χ0v) is 12.5. The molecule has 20 heavy (non-hydrogen) atoms. The number of likely N-dealkylation sites (tertiary alicyclic amines) is 1. The third-order valence-corrected chi connectivity index (χ3v) is 4.91. The van der Waals surface area contributed by atoms with E-state index < -0.39 is 0 Å². The molecule has 0 amide bonds. The van der Waals surface area contributed by atoms with Crippen LogP contribution in [0.2, 0.25) is 0 Å². The van der Waals surface area contributed by atoms with Gasteiger partial charge in [-0.15, -0.1) is 0 Å². The van der Waals surface area contributed by atoms with Gasteiger partial charge >= 0.3 is 0 Å². The van der Waals surface area contributed by atoms with Crippen molar-refractivity contribution in [1.29, 1.82) is 0 Å². The van der Waals surface area contributed by atoms with Crippen molar-refractivity contribution in [3.05, 3.63) is 59.5 Å². The van der Waals surface area contributed by atoms with E-state index in [1.54, 1.807) is 6.26 Å². The molecule has 1 aromatic heterocycles. The summed E-state index contributed by atoms with van der Waals surface area (Å²) in [5.41, 5.74) is 4.20. The molecule has 3 rings (SSSR count). The van der Waals surface area contributed by atoms with E-state index in [-0.39, 0.29) is 0 Å². The lowest BCUT2D eigenvalue weighted by Crippen LogP contribution is -2.24. The highest BCUT2D eigenvalue weighted by atomic mass is 16.3. The molecule has 2 nitrogen and oxygen atoms in total. The van der Waals surface area contributed by atoms with Gasteiger partial charge in [-0.25, -0.2) is 0 Å². The summed E-state index contributed by atoms with van der Waals surface area (Å²) in [5, 5.41) is 0. The maximum Gasteiger partial charge on any atom is 0.0937 e. The fraction of sp³-hybridized carbons (Fsp3) is 0.444. The van der Waals surface area contributed by atoms with Gasteiger partial charge in [0.1, 0.15) is 0 Å². The van der Waals surface area contributed by atoms with Gasteiger partial charge in [-0.05, 0) is 61.5 Å². The number of hydrogen-bond donors (Lipinski definition) is 0. The minimum absolute atomic E-state index is 0.515. The first-order valence-electron chi connectivity index (χ1n) is 7.46. The Balaban J connectivity index is 1.93. The first kappa shape index (κ1) is 13.4. The Bertz CT molecular complexity index is 561. The van der Waals surface area contributed by atoms with Crippen LogP contribution in [-0.2, 0) is 0 Å². The van der Waals surface area contributed by atoms with Crippen LogP contribution >= 0.6 is 0 Å². The van der Waals surface area contributed by atoms with Gasteiger partial charge in [0, 0.05) is 6.04 Å². The quantitative estimate of drug-likeness (QED) is 0.822. The van der Waals surface area contributed by atoms with Crippen molar-refractivity contribution < 1.29 is 4.42 Å². The van der Waals surface area contributed by atoms with Crippen LogP contribution in [0.1, 0.15) is 42.0 Å². The lowest BCUT2D eigenvalue weighted by atomic mass is 9.80. The molecule has 0 bridgehead atoms. The van der Waals surface area contributed by atoms with Crippen molar-refractivity contribution in [3.8, 4) is 0 Å². The van der Waals surface area contributed by atoms with Gasteiger partial charge in [0.25, 0.3) is 0 Å². The van der Waals surface area contributed by atoms with Gasteiger partial charge in [-0.2, -0.15) is 0 Å². The lowest BCUT2D eigenvalue weighted by molar-refractivity contribution is 0.258. The molecule has 0 aliphatic carbocycles. The highest BCUT2D eigenvalue weighted by Gasteiger charge is 2.37. The van der Waals surface area contributed by atoms with Gasteiger partial charge in [0.15, 0.2) is 0 Å². The van der Waals surface area contributed by atoms with Gasteiger partial charge in [-0.1, -0.05) is 31.2 Å². The maximum atomic E-state index is 5.27. The predicted octanol–water partition coefficient (Wildman–Crippen LogP) is 4.38. The topological polar surface area (TPSA) is 16.4 Å². The predicted molar refractivity (Wildman–Crippen MR) is 81.8 cm³/mol. The Labute approximate surface area is 121 Å². The molecule has 1 aromatic carbocycles. The minimum atomic E-state index is 0.515. The van der Waals surface area contributed by atoms with Gasteiger partial charge in [-0.3, -0.25) is 4.90 Å². The normalized spacial score (nSPS) is 24.9. The summed E-state index contributed by atoms with van der Waals surface area (Å²) in [7, 11) is 2.25. The Hall–Kier alpha value is -1.54. The van der Waals surface area contributed by atoms with Gasteiger partial charge < -0.3 is 4.42 Å². The Morgan fingerprint density at radius 3 is 2.75 bits per heavy atom. The molecule has 2 aromatic rings. The summed E-state index contributed by atoms with van der Waals surface area (Å²) in [6, 6.07) is 11.4. The molecule has 1 aliphatic heterocycles. The summed E-state index contributed by atoms with van der Waals surface area (Å²) in [5.74, 6) is 1.18. The van der Waals surface area contributed by atoms with Crippen molar-refractivity contribution in [3.63, 3.8) is 0 Å². The third-order valence-electron chi connectivity index (χ3n) is 4.91. The van der Waals surface area contributed by atoms with Crippen LogP contribution in [0.3, 0.4) is 0 Å². The second-order valence-corrected chi connectivity index (χ2v) is 6.08. The highest BCUT2D eigenvalue weighted by molar-refractivity contribution is 5.31. The molecule has 0 unspecified atom stereocenters. The molecule has 1 aliphatic rings. The molecule has 0 saturated carbocycles. The summed E-state index contributed by atoms with van der Waals surface area (Å²) in [6.45, 7) is 5.73. The molecule has 3 atom stereocenters. The van der Waals surface area contributed by atoms with Crippen molar-refractivity contribution in [2.75, 3.05) is 13.6 Å². The summed E-state index contributed by atoms with van der Waals surface area (Å²) in [6.07, 6.45) is 4.94. The second-order valence-electron chi connectivity index (χ2n) is 6.08. The van der Waals surface area contributed by atoms with E-state index in [9.17, 15) is 0 Å².